The second-order valence-electron chi connectivity index (χ2n) is 6.17. The van der Waals surface area contributed by atoms with Crippen LogP contribution in [0.3, 0.4) is 0 Å². The Morgan fingerprint density at radius 3 is 2.85 bits per heavy atom. The molecule has 26 heavy (non-hydrogen) atoms. The summed E-state index contributed by atoms with van der Waals surface area (Å²) in [6.45, 7) is 2.09. The molecule has 8 heteroatoms. The highest BCUT2D eigenvalue weighted by Crippen LogP contribution is 2.23. The predicted octanol–water partition coefficient (Wildman–Crippen LogP) is 2.11. The summed E-state index contributed by atoms with van der Waals surface area (Å²) in [6, 6.07) is 6.20. The van der Waals surface area contributed by atoms with Gasteiger partial charge in [-0.2, -0.15) is 0 Å². The molecule has 138 valence electrons. The summed E-state index contributed by atoms with van der Waals surface area (Å²) in [6.07, 6.45) is 0.433. The van der Waals surface area contributed by atoms with E-state index in [1.165, 1.54) is 17.2 Å². The Hall–Kier alpha value is -2.74. The number of aliphatic carboxylic acids is 1. The van der Waals surface area contributed by atoms with Crippen molar-refractivity contribution in [1.82, 2.24) is 9.88 Å². The van der Waals surface area contributed by atoms with Gasteiger partial charge in [-0.3, -0.25) is 4.79 Å². The lowest BCUT2D eigenvalue weighted by Crippen LogP contribution is -2.51. The predicted molar refractivity (Wildman–Crippen MR) is 88.8 cm³/mol. The molecule has 0 spiro atoms. The fraction of sp³-hybridized carbons (Fsp3) is 0.389. The minimum atomic E-state index is -1.09. The molecule has 0 saturated carbocycles. The van der Waals surface area contributed by atoms with Gasteiger partial charge in [-0.05, 0) is 19.1 Å². The Bertz CT molecular complexity index is 806. The SMILES string of the molecule is C[C@@H]1CN(C(=O)CCc2ncc(-c3ccccc3F)o2)CC(C(=O)O)O1. The van der Waals surface area contributed by atoms with Crippen LogP contribution in [0.1, 0.15) is 19.2 Å². The van der Waals surface area contributed by atoms with Crippen molar-refractivity contribution in [3.05, 3.63) is 42.2 Å². The third kappa shape index (κ3) is 4.08. The van der Waals surface area contributed by atoms with Crippen LogP contribution in [-0.2, 0) is 20.7 Å². The number of carbonyl (C=O) groups excluding carboxylic acids is 1. The third-order valence-electron chi connectivity index (χ3n) is 4.13. The van der Waals surface area contributed by atoms with Crippen LogP contribution in [0.15, 0.2) is 34.9 Å². The van der Waals surface area contributed by atoms with E-state index in [-0.39, 0.29) is 31.4 Å². The van der Waals surface area contributed by atoms with Gasteiger partial charge in [-0.15, -0.1) is 0 Å². The van der Waals surface area contributed by atoms with Crippen molar-refractivity contribution in [1.29, 1.82) is 0 Å². The van der Waals surface area contributed by atoms with Gasteiger partial charge < -0.3 is 19.2 Å². The first-order chi connectivity index (χ1) is 12.4. The van der Waals surface area contributed by atoms with E-state index in [1.54, 1.807) is 25.1 Å². The van der Waals surface area contributed by atoms with Crippen LogP contribution < -0.4 is 0 Å². The van der Waals surface area contributed by atoms with E-state index in [0.29, 0.717) is 23.8 Å². The molecule has 1 N–H and O–H groups in total. The van der Waals surface area contributed by atoms with Crippen LogP contribution in [0.5, 0.6) is 0 Å². The summed E-state index contributed by atoms with van der Waals surface area (Å²) >= 11 is 0. The molecule has 1 aliphatic rings. The first-order valence-electron chi connectivity index (χ1n) is 8.29. The number of morpholine rings is 1. The fourth-order valence-corrected chi connectivity index (χ4v) is 2.87. The Morgan fingerprint density at radius 2 is 2.12 bits per heavy atom. The summed E-state index contributed by atoms with van der Waals surface area (Å²) in [5.41, 5.74) is 0.309. The molecule has 1 amide bonds. The van der Waals surface area contributed by atoms with Gasteiger partial charge in [-0.25, -0.2) is 14.2 Å². The Kier molecular flexibility index (Phi) is 5.32. The molecule has 1 aromatic carbocycles. The normalized spacial score (nSPS) is 20.2. The average molecular weight is 362 g/mol. The fourth-order valence-electron chi connectivity index (χ4n) is 2.87. The number of nitrogens with zero attached hydrogens (tertiary/aromatic N) is 2. The number of amides is 1. The van der Waals surface area contributed by atoms with Crippen molar-refractivity contribution < 1.29 is 28.2 Å². The maximum Gasteiger partial charge on any atom is 0.334 e. The molecule has 2 atom stereocenters. The van der Waals surface area contributed by atoms with E-state index in [1.807, 2.05) is 0 Å². The number of benzene rings is 1. The lowest BCUT2D eigenvalue weighted by atomic mass is 10.2. The van der Waals surface area contributed by atoms with Gasteiger partial charge in [0.1, 0.15) is 5.82 Å². The Balaban J connectivity index is 1.60. The molecule has 1 saturated heterocycles. The van der Waals surface area contributed by atoms with E-state index in [0.717, 1.165) is 0 Å². The second-order valence-corrected chi connectivity index (χ2v) is 6.17. The number of hydrogen-bond donors (Lipinski definition) is 1. The quantitative estimate of drug-likeness (QED) is 0.876. The van der Waals surface area contributed by atoms with Gasteiger partial charge in [0.05, 0.1) is 24.4 Å². The molecular weight excluding hydrogens is 343 g/mol. The van der Waals surface area contributed by atoms with Gasteiger partial charge in [0.25, 0.3) is 0 Å². The van der Waals surface area contributed by atoms with Gasteiger partial charge >= 0.3 is 5.97 Å². The zero-order valence-corrected chi connectivity index (χ0v) is 14.2. The van der Waals surface area contributed by atoms with Crippen molar-refractivity contribution in [2.45, 2.75) is 32.0 Å². The monoisotopic (exact) mass is 362 g/mol. The summed E-state index contributed by atoms with van der Waals surface area (Å²) in [4.78, 5) is 29.0. The van der Waals surface area contributed by atoms with Gasteiger partial charge in [0.15, 0.2) is 17.8 Å². The van der Waals surface area contributed by atoms with Crippen LogP contribution >= 0.6 is 0 Å². The molecular formula is C18H19FN2O5. The second kappa shape index (κ2) is 7.65. The van der Waals surface area contributed by atoms with Crippen LogP contribution in [-0.4, -0.2) is 52.2 Å². The van der Waals surface area contributed by atoms with Crippen LogP contribution in [0.4, 0.5) is 4.39 Å². The number of aromatic nitrogens is 1. The number of rotatable bonds is 5. The van der Waals surface area contributed by atoms with E-state index in [4.69, 9.17) is 14.3 Å². The van der Waals surface area contributed by atoms with Crippen molar-refractivity contribution in [3.8, 4) is 11.3 Å². The molecule has 0 bridgehead atoms. The lowest BCUT2D eigenvalue weighted by molar-refractivity contribution is -0.166. The van der Waals surface area contributed by atoms with E-state index < -0.39 is 17.9 Å². The zero-order chi connectivity index (χ0) is 18.7. The van der Waals surface area contributed by atoms with Gasteiger partial charge in [0.2, 0.25) is 5.91 Å². The maximum absolute atomic E-state index is 13.8. The number of oxazole rings is 1. The summed E-state index contributed by atoms with van der Waals surface area (Å²) < 4.78 is 24.6. The topological polar surface area (TPSA) is 92.9 Å². The van der Waals surface area contributed by atoms with Crippen LogP contribution in [0, 0.1) is 5.82 Å². The van der Waals surface area contributed by atoms with E-state index in [2.05, 4.69) is 4.98 Å². The number of ether oxygens (including phenoxy) is 1. The maximum atomic E-state index is 13.8. The molecule has 3 rings (SSSR count). The first-order valence-corrected chi connectivity index (χ1v) is 8.29. The van der Waals surface area contributed by atoms with Crippen molar-refractivity contribution >= 4 is 11.9 Å². The van der Waals surface area contributed by atoms with Crippen molar-refractivity contribution in [2.24, 2.45) is 0 Å². The van der Waals surface area contributed by atoms with Crippen LogP contribution in [0.25, 0.3) is 11.3 Å². The molecule has 2 aromatic rings. The molecule has 0 aliphatic carbocycles. The third-order valence-corrected chi connectivity index (χ3v) is 4.13. The first kappa shape index (κ1) is 18.1. The standard InChI is InChI=1S/C18H19FN2O5/c1-11-9-21(10-15(25-11)18(23)24)17(22)7-6-16-20-8-14(26-16)12-4-2-3-5-13(12)19/h2-5,8,11,15H,6-7,9-10H2,1H3,(H,23,24)/t11-,15?/m1/s1. The van der Waals surface area contributed by atoms with Crippen molar-refractivity contribution in [3.63, 3.8) is 0 Å². The summed E-state index contributed by atoms with van der Waals surface area (Å²) in [5.74, 6) is -1.06. The minimum absolute atomic E-state index is 0.0184. The highest BCUT2D eigenvalue weighted by Gasteiger charge is 2.32. The van der Waals surface area contributed by atoms with Crippen LogP contribution in [0.2, 0.25) is 0 Å². The molecule has 7 nitrogen and oxygen atoms in total. The average Bonchev–Trinajstić information content (AvgIpc) is 3.08. The summed E-state index contributed by atoms with van der Waals surface area (Å²) in [7, 11) is 0. The van der Waals surface area contributed by atoms with Gasteiger partial charge in [0, 0.05) is 19.4 Å². The number of aryl methyl sites for hydroxylation is 1. The zero-order valence-electron chi connectivity index (χ0n) is 14.2. The number of halogens is 1. The number of carbonyl (C=O) groups is 2. The summed E-state index contributed by atoms with van der Waals surface area (Å²) in [5, 5.41) is 9.08. The van der Waals surface area contributed by atoms with Crippen molar-refractivity contribution in [2.75, 3.05) is 13.1 Å². The van der Waals surface area contributed by atoms with E-state index >= 15 is 0 Å². The molecule has 1 aromatic heterocycles. The molecule has 1 aliphatic heterocycles. The van der Waals surface area contributed by atoms with Gasteiger partial charge in [-0.1, -0.05) is 12.1 Å². The molecule has 0 radical (unpaired) electrons. The Labute approximate surface area is 149 Å². The Morgan fingerprint density at radius 1 is 1.35 bits per heavy atom. The smallest absolute Gasteiger partial charge is 0.334 e. The highest BCUT2D eigenvalue weighted by molar-refractivity contribution is 5.79. The number of hydrogen-bond acceptors (Lipinski definition) is 5. The molecule has 1 unspecified atom stereocenters. The molecule has 1 fully saturated rings. The van der Waals surface area contributed by atoms with E-state index in [9.17, 15) is 14.0 Å². The number of carboxylic acid groups (broad SMARTS) is 1. The minimum Gasteiger partial charge on any atom is -0.479 e. The largest absolute Gasteiger partial charge is 0.479 e. The molecule has 2 heterocycles. The highest BCUT2D eigenvalue weighted by atomic mass is 19.1. The lowest BCUT2D eigenvalue weighted by Gasteiger charge is -2.34. The number of carboxylic acids is 1.